The third-order valence-corrected chi connectivity index (χ3v) is 4.63. The second-order valence-corrected chi connectivity index (χ2v) is 6.70. The van der Waals surface area contributed by atoms with Crippen LogP contribution in [0, 0.1) is 5.82 Å². The first-order valence-corrected chi connectivity index (χ1v) is 8.96. The number of halogens is 2. The van der Waals surface area contributed by atoms with Gasteiger partial charge in [0.1, 0.15) is 17.1 Å². The Balaban J connectivity index is 2.05. The molecule has 7 heteroatoms. The van der Waals surface area contributed by atoms with Crippen molar-refractivity contribution in [2.24, 2.45) is 0 Å². The summed E-state index contributed by atoms with van der Waals surface area (Å²) >= 11 is 3.19. The molecule has 1 aliphatic rings. The highest BCUT2D eigenvalue weighted by Crippen LogP contribution is 2.27. The molecule has 1 aliphatic heterocycles. The molecule has 1 aromatic heterocycles. The van der Waals surface area contributed by atoms with Gasteiger partial charge in [-0.05, 0) is 44.4 Å². The number of hydrogen-bond acceptors (Lipinski definition) is 3. The van der Waals surface area contributed by atoms with Gasteiger partial charge in [-0.3, -0.25) is 9.59 Å². The molecule has 0 aliphatic carbocycles. The van der Waals surface area contributed by atoms with Gasteiger partial charge in [0.05, 0.1) is 12.3 Å². The first-order chi connectivity index (χ1) is 12.0. The van der Waals surface area contributed by atoms with Gasteiger partial charge in [-0.2, -0.15) is 0 Å². The number of fused-ring (bicyclic) bond motifs is 1. The predicted molar refractivity (Wildman–Crippen MR) is 96.9 cm³/mol. The molecule has 25 heavy (non-hydrogen) atoms. The van der Waals surface area contributed by atoms with Crippen LogP contribution in [0.15, 0.2) is 33.5 Å². The van der Waals surface area contributed by atoms with Crippen molar-refractivity contribution in [3.8, 4) is 5.75 Å². The fourth-order valence-corrected chi connectivity index (χ4v) is 3.36. The smallest absolute Gasteiger partial charge is 0.261 e. The lowest BCUT2D eigenvalue weighted by atomic mass is 10.0. The summed E-state index contributed by atoms with van der Waals surface area (Å²) in [6, 6.07) is 5.75. The molecule has 0 bridgehead atoms. The van der Waals surface area contributed by atoms with Gasteiger partial charge < -0.3 is 14.6 Å². The van der Waals surface area contributed by atoms with E-state index < -0.39 is 11.7 Å². The van der Waals surface area contributed by atoms with Crippen LogP contribution in [0.4, 0.5) is 10.1 Å². The van der Waals surface area contributed by atoms with E-state index in [9.17, 15) is 14.0 Å². The molecular weight excluding hydrogens is 391 g/mol. The van der Waals surface area contributed by atoms with Gasteiger partial charge >= 0.3 is 0 Å². The average molecular weight is 409 g/mol. The Morgan fingerprint density at radius 2 is 2.16 bits per heavy atom. The van der Waals surface area contributed by atoms with Gasteiger partial charge in [-0.1, -0.05) is 15.9 Å². The first kappa shape index (κ1) is 17.7. The summed E-state index contributed by atoms with van der Waals surface area (Å²) in [5.41, 5.74) is 0.863. The molecular formula is C18H18BrFN2O3. The topological polar surface area (TPSA) is 60.3 Å². The molecule has 0 saturated heterocycles. The zero-order valence-electron chi connectivity index (χ0n) is 13.8. The summed E-state index contributed by atoms with van der Waals surface area (Å²) in [6.45, 7) is 2.69. The minimum Gasteiger partial charge on any atom is -0.493 e. The van der Waals surface area contributed by atoms with Crippen molar-refractivity contribution < 1.29 is 13.9 Å². The van der Waals surface area contributed by atoms with Crippen molar-refractivity contribution in [3.63, 3.8) is 0 Å². The molecule has 0 unspecified atom stereocenters. The Bertz CT molecular complexity index is 879. The maximum atomic E-state index is 14.0. The van der Waals surface area contributed by atoms with E-state index in [1.165, 1.54) is 18.2 Å². The zero-order valence-corrected chi connectivity index (χ0v) is 15.4. The average Bonchev–Trinajstić information content (AvgIpc) is 2.58. The van der Waals surface area contributed by atoms with Crippen molar-refractivity contribution in [1.82, 2.24) is 4.57 Å². The summed E-state index contributed by atoms with van der Waals surface area (Å²) in [6.07, 6.45) is 2.40. The Labute approximate surface area is 152 Å². The Morgan fingerprint density at radius 1 is 1.36 bits per heavy atom. The van der Waals surface area contributed by atoms with E-state index in [-0.39, 0.29) is 17.0 Å². The number of carbonyl (C=O) groups is 1. The SMILES string of the molecule is CCOc1cc(=O)n2c(c1C(=O)Nc1ccc(Br)cc1F)CCCC2. The molecule has 1 amide bonds. The molecule has 0 fully saturated rings. The van der Waals surface area contributed by atoms with E-state index in [1.807, 2.05) is 0 Å². The summed E-state index contributed by atoms with van der Waals surface area (Å²) in [5.74, 6) is -0.770. The van der Waals surface area contributed by atoms with Crippen molar-refractivity contribution in [2.45, 2.75) is 32.7 Å². The Morgan fingerprint density at radius 3 is 2.88 bits per heavy atom. The Hall–Kier alpha value is -2.15. The van der Waals surface area contributed by atoms with Crippen molar-refractivity contribution in [3.05, 3.63) is 56.2 Å². The largest absolute Gasteiger partial charge is 0.493 e. The van der Waals surface area contributed by atoms with Crippen LogP contribution in [0.1, 0.15) is 35.8 Å². The second-order valence-electron chi connectivity index (χ2n) is 5.79. The molecule has 3 rings (SSSR count). The third-order valence-electron chi connectivity index (χ3n) is 4.13. The molecule has 132 valence electrons. The molecule has 0 saturated carbocycles. The minimum absolute atomic E-state index is 0.0800. The van der Waals surface area contributed by atoms with Crippen LogP contribution >= 0.6 is 15.9 Å². The highest BCUT2D eigenvalue weighted by molar-refractivity contribution is 9.10. The van der Waals surface area contributed by atoms with Crippen LogP contribution in [0.2, 0.25) is 0 Å². The molecule has 1 N–H and O–H groups in total. The van der Waals surface area contributed by atoms with Gasteiger partial charge in [0.25, 0.3) is 11.5 Å². The highest BCUT2D eigenvalue weighted by Gasteiger charge is 2.25. The van der Waals surface area contributed by atoms with Gasteiger partial charge in [0.15, 0.2) is 0 Å². The van der Waals surface area contributed by atoms with E-state index in [0.29, 0.717) is 35.3 Å². The molecule has 1 aromatic carbocycles. The van der Waals surface area contributed by atoms with Gasteiger partial charge in [0, 0.05) is 22.8 Å². The standard InChI is InChI=1S/C18H18BrFN2O3/c1-2-25-15-10-16(23)22-8-4-3-5-14(22)17(15)18(24)21-13-7-6-11(19)9-12(13)20/h6-7,9-10H,2-5,8H2,1H3,(H,21,24). The number of anilines is 1. The van der Waals surface area contributed by atoms with E-state index >= 15 is 0 Å². The summed E-state index contributed by atoms with van der Waals surface area (Å²) in [4.78, 5) is 25.1. The van der Waals surface area contributed by atoms with Crippen LogP contribution in [0.5, 0.6) is 5.75 Å². The summed E-state index contributed by atoms with van der Waals surface area (Å²) in [7, 11) is 0. The number of amides is 1. The number of hydrogen-bond donors (Lipinski definition) is 1. The third kappa shape index (κ3) is 3.61. The molecule has 0 radical (unpaired) electrons. The number of carbonyl (C=O) groups excluding carboxylic acids is 1. The first-order valence-electron chi connectivity index (χ1n) is 8.17. The van der Waals surface area contributed by atoms with Crippen LogP contribution < -0.4 is 15.6 Å². The van der Waals surface area contributed by atoms with Crippen molar-refractivity contribution >= 4 is 27.5 Å². The fraction of sp³-hybridized carbons (Fsp3) is 0.333. The summed E-state index contributed by atoms with van der Waals surface area (Å²) in [5, 5.41) is 2.59. The van der Waals surface area contributed by atoms with Crippen LogP contribution in [-0.4, -0.2) is 17.1 Å². The lowest BCUT2D eigenvalue weighted by Crippen LogP contribution is -2.31. The maximum absolute atomic E-state index is 14.0. The number of benzene rings is 1. The van der Waals surface area contributed by atoms with E-state index in [2.05, 4.69) is 21.2 Å². The normalized spacial score (nSPS) is 13.2. The monoisotopic (exact) mass is 408 g/mol. The van der Waals surface area contributed by atoms with Gasteiger partial charge in [-0.25, -0.2) is 4.39 Å². The lowest BCUT2D eigenvalue weighted by molar-refractivity contribution is 0.102. The number of rotatable bonds is 4. The second kappa shape index (κ2) is 7.39. The van der Waals surface area contributed by atoms with E-state index in [4.69, 9.17) is 4.74 Å². The number of pyridine rings is 1. The Kier molecular flexibility index (Phi) is 5.22. The van der Waals surface area contributed by atoms with Crippen molar-refractivity contribution in [1.29, 1.82) is 0 Å². The highest BCUT2D eigenvalue weighted by atomic mass is 79.9. The van der Waals surface area contributed by atoms with Crippen LogP contribution in [-0.2, 0) is 13.0 Å². The minimum atomic E-state index is -0.539. The van der Waals surface area contributed by atoms with Gasteiger partial charge in [0.2, 0.25) is 0 Å². The predicted octanol–water partition coefficient (Wildman–Crippen LogP) is 3.74. The zero-order chi connectivity index (χ0) is 18.0. The number of nitrogens with zero attached hydrogens (tertiary/aromatic N) is 1. The molecule has 2 aromatic rings. The lowest BCUT2D eigenvalue weighted by Gasteiger charge is -2.23. The fourth-order valence-electron chi connectivity index (χ4n) is 3.03. The molecule has 0 spiro atoms. The number of ether oxygens (including phenoxy) is 1. The number of nitrogens with one attached hydrogen (secondary N) is 1. The van der Waals surface area contributed by atoms with E-state index in [1.54, 1.807) is 17.6 Å². The molecule has 5 nitrogen and oxygen atoms in total. The van der Waals surface area contributed by atoms with Crippen LogP contribution in [0.25, 0.3) is 0 Å². The molecule has 0 atom stereocenters. The van der Waals surface area contributed by atoms with E-state index in [0.717, 1.165) is 12.8 Å². The summed E-state index contributed by atoms with van der Waals surface area (Å²) < 4.78 is 21.8. The van der Waals surface area contributed by atoms with Gasteiger partial charge in [-0.15, -0.1) is 0 Å². The molecule has 2 heterocycles. The van der Waals surface area contributed by atoms with Crippen molar-refractivity contribution in [2.75, 3.05) is 11.9 Å². The quantitative estimate of drug-likeness (QED) is 0.837. The maximum Gasteiger partial charge on any atom is 0.261 e. The number of aromatic nitrogens is 1. The van der Waals surface area contributed by atoms with Crippen LogP contribution in [0.3, 0.4) is 0 Å².